The molecular weight excluding hydrogens is 276 g/mol. The number of hydrogen-bond acceptors (Lipinski definition) is 2. The second-order valence-electron chi connectivity index (χ2n) is 5.34. The average molecular weight is 297 g/mol. The Hall–Kier alpha value is -0.540. The zero-order valence-corrected chi connectivity index (χ0v) is 12.4. The Labute approximate surface area is 112 Å². The summed E-state index contributed by atoms with van der Waals surface area (Å²) in [6.07, 6.45) is 1.28. The zero-order chi connectivity index (χ0) is 12.6. The molecule has 2 nitrogen and oxygen atoms in total. The molecule has 1 aromatic rings. The molecule has 0 bridgehead atoms. The first kappa shape index (κ1) is 12.9. The number of anilines is 1. The van der Waals surface area contributed by atoms with Gasteiger partial charge in [0, 0.05) is 28.8 Å². The van der Waals surface area contributed by atoms with E-state index in [-0.39, 0.29) is 6.04 Å². The minimum Gasteiger partial charge on any atom is -0.369 e. The van der Waals surface area contributed by atoms with E-state index in [4.69, 9.17) is 5.73 Å². The van der Waals surface area contributed by atoms with Gasteiger partial charge in [0.05, 0.1) is 0 Å². The highest BCUT2D eigenvalue weighted by atomic mass is 79.9. The van der Waals surface area contributed by atoms with Gasteiger partial charge in [-0.05, 0) is 43.9 Å². The lowest BCUT2D eigenvalue weighted by Crippen LogP contribution is -2.26. The Morgan fingerprint density at radius 1 is 1.41 bits per heavy atom. The molecule has 3 heteroatoms. The van der Waals surface area contributed by atoms with E-state index in [0.717, 1.165) is 16.9 Å². The lowest BCUT2D eigenvalue weighted by Gasteiger charge is -2.25. The lowest BCUT2D eigenvalue weighted by molar-refractivity contribution is 0.625. The van der Waals surface area contributed by atoms with Crippen molar-refractivity contribution in [1.29, 1.82) is 0 Å². The first-order valence-corrected chi connectivity index (χ1v) is 7.10. The highest BCUT2D eigenvalue weighted by Gasteiger charge is 2.26. The predicted octanol–water partition coefficient (Wildman–Crippen LogP) is 3.70. The van der Waals surface area contributed by atoms with Crippen LogP contribution in [0.3, 0.4) is 0 Å². The SMILES string of the molecule is CC1CC(C)N(c2ccc(C(C)N)c(Br)c2)C1. The topological polar surface area (TPSA) is 29.3 Å². The van der Waals surface area contributed by atoms with E-state index in [2.05, 4.69) is 52.9 Å². The maximum Gasteiger partial charge on any atom is 0.0380 e. The summed E-state index contributed by atoms with van der Waals surface area (Å²) in [6.45, 7) is 7.80. The lowest BCUT2D eigenvalue weighted by atomic mass is 10.1. The van der Waals surface area contributed by atoms with E-state index in [0.29, 0.717) is 6.04 Å². The monoisotopic (exact) mass is 296 g/mol. The van der Waals surface area contributed by atoms with Crippen LogP contribution < -0.4 is 10.6 Å². The fourth-order valence-electron chi connectivity index (χ4n) is 2.72. The zero-order valence-electron chi connectivity index (χ0n) is 10.8. The number of halogens is 1. The van der Waals surface area contributed by atoms with Crippen LogP contribution in [0.25, 0.3) is 0 Å². The summed E-state index contributed by atoms with van der Waals surface area (Å²) in [4.78, 5) is 2.49. The van der Waals surface area contributed by atoms with Crippen LogP contribution in [0.2, 0.25) is 0 Å². The molecule has 0 aliphatic carbocycles. The van der Waals surface area contributed by atoms with Gasteiger partial charge in [-0.25, -0.2) is 0 Å². The van der Waals surface area contributed by atoms with Crippen LogP contribution in [0.1, 0.15) is 38.8 Å². The Morgan fingerprint density at radius 3 is 2.59 bits per heavy atom. The van der Waals surface area contributed by atoms with Crippen molar-refractivity contribution in [2.45, 2.75) is 39.3 Å². The van der Waals surface area contributed by atoms with Crippen LogP contribution in [0, 0.1) is 5.92 Å². The van der Waals surface area contributed by atoms with E-state index in [1.165, 1.54) is 17.7 Å². The third-order valence-corrected chi connectivity index (χ3v) is 4.28. The van der Waals surface area contributed by atoms with E-state index >= 15 is 0 Å². The first-order chi connectivity index (χ1) is 7.99. The molecule has 0 amide bonds. The molecule has 0 radical (unpaired) electrons. The second-order valence-corrected chi connectivity index (χ2v) is 6.19. The van der Waals surface area contributed by atoms with Crippen LogP contribution in [0.15, 0.2) is 22.7 Å². The Balaban J connectivity index is 2.26. The molecule has 1 saturated heterocycles. The van der Waals surface area contributed by atoms with Crippen molar-refractivity contribution in [2.24, 2.45) is 11.7 Å². The van der Waals surface area contributed by atoms with E-state index in [1.807, 2.05) is 6.92 Å². The normalized spacial score (nSPS) is 26.3. The van der Waals surface area contributed by atoms with Crippen molar-refractivity contribution < 1.29 is 0 Å². The van der Waals surface area contributed by atoms with Crippen molar-refractivity contribution in [1.82, 2.24) is 0 Å². The smallest absolute Gasteiger partial charge is 0.0380 e. The molecule has 0 spiro atoms. The summed E-state index contributed by atoms with van der Waals surface area (Å²) < 4.78 is 1.12. The van der Waals surface area contributed by atoms with Crippen molar-refractivity contribution >= 4 is 21.6 Å². The van der Waals surface area contributed by atoms with E-state index < -0.39 is 0 Å². The number of rotatable bonds is 2. The number of nitrogens with zero attached hydrogens (tertiary/aromatic N) is 1. The van der Waals surface area contributed by atoms with Gasteiger partial charge in [0.2, 0.25) is 0 Å². The summed E-state index contributed by atoms with van der Waals surface area (Å²) in [5.74, 6) is 0.789. The maximum absolute atomic E-state index is 5.92. The molecule has 1 heterocycles. The molecule has 2 N–H and O–H groups in total. The minimum atomic E-state index is 0.0772. The molecular formula is C14H21BrN2. The Morgan fingerprint density at radius 2 is 2.12 bits per heavy atom. The minimum absolute atomic E-state index is 0.0772. The van der Waals surface area contributed by atoms with Gasteiger partial charge in [-0.3, -0.25) is 0 Å². The number of hydrogen-bond donors (Lipinski definition) is 1. The van der Waals surface area contributed by atoms with Crippen molar-refractivity contribution in [3.05, 3.63) is 28.2 Å². The summed E-state index contributed by atoms with van der Waals surface area (Å²) in [5, 5.41) is 0. The molecule has 1 aliphatic heterocycles. The van der Waals surface area contributed by atoms with Crippen LogP contribution in [0.4, 0.5) is 5.69 Å². The van der Waals surface area contributed by atoms with Crippen LogP contribution in [-0.4, -0.2) is 12.6 Å². The molecule has 0 saturated carbocycles. The van der Waals surface area contributed by atoms with Gasteiger partial charge in [-0.2, -0.15) is 0 Å². The molecule has 1 aliphatic rings. The molecule has 17 heavy (non-hydrogen) atoms. The summed E-state index contributed by atoms with van der Waals surface area (Å²) >= 11 is 3.62. The highest BCUT2D eigenvalue weighted by Crippen LogP contribution is 2.32. The fourth-order valence-corrected chi connectivity index (χ4v) is 3.45. The van der Waals surface area contributed by atoms with Crippen molar-refractivity contribution in [2.75, 3.05) is 11.4 Å². The highest BCUT2D eigenvalue weighted by molar-refractivity contribution is 9.10. The number of nitrogens with two attached hydrogens (primary N) is 1. The van der Waals surface area contributed by atoms with Gasteiger partial charge in [-0.15, -0.1) is 0 Å². The average Bonchev–Trinajstić information content (AvgIpc) is 2.57. The molecule has 2 rings (SSSR count). The molecule has 94 valence electrons. The summed E-state index contributed by atoms with van der Waals surface area (Å²) in [6, 6.07) is 7.25. The van der Waals surface area contributed by atoms with Gasteiger partial charge < -0.3 is 10.6 Å². The molecule has 1 aromatic carbocycles. The van der Waals surface area contributed by atoms with Crippen LogP contribution >= 0.6 is 15.9 Å². The fraction of sp³-hybridized carbons (Fsp3) is 0.571. The van der Waals surface area contributed by atoms with E-state index in [1.54, 1.807) is 0 Å². The molecule has 0 aromatic heterocycles. The second kappa shape index (κ2) is 4.99. The maximum atomic E-state index is 5.92. The van der Waals surface area contributed by atoms with Gasteiger partial charge >= 0.3 is 0 Å². The van der Waals surface area contributed by atoms with Gasteiger partial charge in [0.1, 0.15) is 0 Å². The van der Waals surface area contributed by atoms with Gasteiger partial charge in [0.15, 0.2) is 0 Å². The van der Waals surface area contributed by atoms with Crippen molar-refractivity contribution in [3.8, 4) is 0 Å². The summed E-state index contributed by atoms with van der Waals surface area (Å²) in [7, 11) is 0. The summed E-state index contributed by atoms with van der Waals surface area (Å²) in [5.41, 5.74) is 8.40. The molecule has 1 fully saturated rings. The molecule has 3 atom stereocenters. The van der Waals surface area contributed by atoms with Crippen molar-refractivity contribution in [3.63, 3.8) is 0 Å². The Bertz CT molecular complexity index is 403. The molecule has 3 unspecified atom stereocenters. The number of benzene rings is 1. The van der Waals surface area contributed by atoms with Gasteiger partial charge in [-0.1, -0.05) is 28.9 Å². The third-order valence-electron chi connectivity index (χ3n) is 3.59. The standard InChI is InChI=1S/C14H21BrN2/c1-9-6-10(2)17(8-9)12-4-5-13(11(3)16)14(15)7-12/h4-5,7,9-11H,6,8,16H2,1-3H3. The van der Waals surface area contributed by atoms with Crippen LogP contribution in [0.5, 0.6) is 0 Å². The van der Waals surface area contributed by atoms with Crippen LogP contribution in [-0.2, 0) is 0 Å². The Kier molecular flexibility index (Phi) is 3.79. The van der Waals surface area contributed by atoms with E-state index in [9.17, 15) is 0 Å². The largest absolute Gasteiger partial charge is 0.369 e. The predicted molar refractivity (Wildman–Crippen MR) is 77.3 cm³/mol. The van der Waals surface area contributed by atoms with Gasteiger partial charge in [0.25, 0.3) is 0 Å². The first-order valence-electron chi connectivity index (χ1n) is 6.30. The quantitative estimate of drug-likeness (QED) is 0.902. The third kappa shape index (κ3) is 2.66.